The van der Waals surface area contributed by atoms with Crippen LogP contribution in [0.4, 0.5) is 0 Å². The SMILES string of the molecule is CN(C)[C@@H]1C=C(O[Si](C)(C)C(C)(C)C)CC[C@]1(C)[C@H](O)c1ccccc1. The van der Waals surface area contributed by atoms with Gasteiger partial charge in [0.15, 0.2) is 0 Å². The first kappa shape index (κ1) is 21.2. The van der Waals surface area contributed by atoms with Crippen molar-refractivity contribution >= 4 is 8.32 Å². The molecule has 0 bridgehead atoms. The van der Waals surface area contributed by atoms with Crippen molar-refractivity contribution in [2.24, 2.45) is 5.41 Å². The van der Waals surface area contributed by atoms with Crippen molar-refractivity contribution in [1.29, 1.82) is 0 Å². The van der Waals surface area contributed by atoms with Crippen LogP contribution in [0.1, 0.15) is 52.2 Å². The molecule has 2 rings (SSSR count). The minimum Gasteiger partial charge on any atom is -0.547 e. The van der Waals surface area contributed by atoms with Crippen LogP contribution in [0.25, 0.3) is 0 Å². The maximum absolute atomic E-state index is 11.2. The number of aliphatic hydroxyl groups excluding tert-OH is 1. The van der Waals surface area contributed by atoms with Gasteiger partial charge in [-0.05, 0) is 50.3 Å². The molecule has 0 aliphatic heterocycles. The van der Waals surface area contributed by atoms with Gasteiger partial charge in [0.2, 0.25) is 8.32 Å². The van der Waals surface area contributed by atoms with Gasteiger partial charge in [0.1, 0.15) is 0 Å². The van der Waals surface area contributed by atoms with Crippen LogP contribution in [0.15, 0.2) is 42.2 Å². The first-order valence-electron chi connectivity index (χ1n) is 9.67. The van der Waals surface area contributed by atoms with Crippen molar-refractivity contribution in [3.8, 4) is 0 Å². The summed E-state index contributed by atoms with van der Waals surface area (Å²) in [5.74, 6) is 1.10. The Labute approximate surface area is 161 Å². The summed E-state index contributed by atoms with van der Waals surface area (Å²) in [4.78, 5) is 2.21. The molecule has 4 heteroatoms. The molecule has 0 heterocycles. The maximum Gasteiger partial charge on any atom is 0.250 e. The highest BCUT2D eigenvalue weighted by Crippen LogP contribution is 2.48. The Hall–Kier alpha value is -1.10. The van der Waals surface area contributed by atoms with Gasteiger partial charge in [-0.15, -0.1) is 0 Å². The predicted molar refractivity (Wildman–Crippen MR) is 113 cm³/mol. The van der Waals surface area contributed by atoms with E-state index in [4.69, 9.17) is 4.43 Å². The van der Waals surface area contributed by atoms with Crippen LogP contribution in [0.5, 0.6) is 0 Å². The summed E-state index contributed by atoms with van der Waals surface area (Å²) < 4.78 is 6.59. The van der Waals surface area contributed by atoms with Crippen molar-refractivity contribution in [3.63, 3.8) is 0 Å². The Morgan fingerprint density at radius 2 is 1.77 bits per heavy atom. The summed E-state index contributed by atoms with van der Waals surface area (Å²) in [7, 11) is 2.34. The molecule has 26 heavy (non-hydrogen) atoms. The fourth-order valence-electron chi connectivity index (χ4n) is 3.61. The third-order valence-corrected chi connectivity index (χ3v) is 10.8. The second kappa shape index (κ2) is 7.49. The molecule has 1 aromatic rings. The number of likely N-dealkylation sites (N-methyl/N-ethyl adjacent to an activating group) is 1. The summed E-state index contributed by atoms with van der Waals surface area (Å²) in [6, 6.07) is 10.2. The van der Waals surface area contributed by atoms with Crippen LogP contribution in [-0.2, 0) is 4.43 Å². The van der Waals surface area contributed by atoms with Gasteiger partial charge in [0.25, 0.3) is 0 Å². The monoisotopic (exact) mass is 375 g/mol. The molecule has 0 fully saturated rings. The Balaban J connectivity index is 2.31. The van der Waals surface area contributed by atoms with E-state index in [-0.39, 0.29) is 16.5 Å². The average molecular weight is 376 g/mol. The van der Waals surface area contributed by atoms with E-state index in [1.807, 2.05) is 30.3 Å². The second-order valence-electron chi connectivity index (χ2n) is 9.72. The molecule has 3 atom stereocenters. The van der Waals surface area contributed by atoms with E-state index in [2.05, 4.69) is 65.9 Å². The highest BCUT2D eigenvalue weighted by molar-refractivity contribution is 6.74. The van der Waals surface area contributed by atoms with Crippen LogP contribution in [0, 0.1) is 5.41 Å². The van der Waals surface area contributed by atoms with Crippen LogP contribution >= 0.6 is 0 Å². The van der Waals surface area contributed by atoms with Gasteiger partial charge in [0, 0.05) is 17.9 Å². The molecule has 1 aliphatic rings. The zero-order chi connectivity index (χ0) is 19.8. The molecule has 0 aromatic heterocycles. The quantitative estimate of drug-likeness (QED) is 0.704. The predicted octanol–water partition coefficient (Wildman–Crippen LogP) is 5.36. The van der Waals surface area contributed by atoms with Crippen LogP contribution in [0.3, 0.4) is 0 Å². The summed E-state index contributed by atoms with van der Waals surface area (Å²) in [6.45, 7) is 13.6. The smallest absolute Gasteiger partial charge is 0.250 e. The lowest BCUT2D eigenvalue weighted by molar-refractivity contribution is -0.0215. The lowest BCUT2D eigenvalue weighted by Crippen LogP contribution is -2.48. The van der Waals surface area contributed by atoms with Gasteiger partial charge >= 0.3 is 0 Å². The molecular formula is C22H37NO2Si. The molecule has 0 radical (unpaired) electrons. The second-order valence-corrected chi connectivity index (χ2v) is 14.4. The summed E-state index contributed by atoms with van der Waals surface area (Å²) >= 11 is 0. The van der Waals surface area contributed by atoms with Gasteiger partial charge in [0.05, 0.1) is 11.9 Å². The first-order valence-corrected chi connectivity index (χ1v) is 12.6. The Kier molecular flexibility index (Phi) is 6.11. The van der Waals surface area contributed by atoms with Gasteiger partial charge in [-0.2, -0.15) is 0 Å². The highest BCUT2D eigenvalue weighted by Gasteiger charge is 2.46. The number of rotatable bonds is 5. The van der Waals surface area contributed by atoms with Gasteiger partial charge in [-0.3, -0.25) is 0 Å². The summed E-state index contributed by atoms with van der Waals surface area (Å²) in [5.41, 5.74) is 0.745. The maximum atomic E-state index is 11.2. The third-order valence-electron chi connectivity index (χ3n) is 6.42. The zero-order valence-corrected chi connectivity index (χ0v) is 18.8. The minimum atomic E-state index is -1.84. The molecule has 0 amide bonds. The van der Waals surface area contributed by atoms with Crippen molar-refractivity contribution in [3.05, 3.63) is 47.7 Å². The average Bonchev–Trinajstić information content (AvgIpc) is 2.55. The molecule has 0 saturated heterocycles. The van der Waals surface area contributed by atoms with Gasteiger partial charge < -0.3 is 14.4 Å². The summed E-state index contributed by atoms with van der Waals surface area (Å²) in [5, 5.41) is 11.4. The lowest BCUT2D eigenvalue weighted by Gasteiger charge is -2.47. The zero-order valence-electron chi connectivity index (χ0n) is 17.8. The van der Waals surface area contributed by atoms with Crippen LogP contribution in [0.2, 0.25) is 18.1 Å². The van der Waals surface area contributed by atoms with E-state index in [0.717, 1.165) is 24.2 Å². The third kappa shape index (κ3) is 4.24. The number of aliphatic hydroxyl groups is 1. The molecule has 0 saturated carbocycles. The number of allylic oxidation sites excluding steroid dienone is 1. The Bertz CT molecular complexity index is 633. The fourth-order valence-corrected chi connectivity index (χ4v) is 4.74. The molecular weight excluding hydrogens is 338 g/mol. The van der Waals surface area contributed by atoms with E-state index >= 15 is 0 Å². The van der Waals surface area contributed by atoms with E-state index in [9.17, 15) is 5.11 Å². The number of nitrogens with zero attached hydrogens (tertiary/aromatic N) is 1. The van der Waals surface area contributed by atoms with E-state index in [1.54, 1.807) is 0 Å². The minimum absolute atomic E-state index is 0.131. The molecule has 146 valence electrons. The highest BCUT2D eigenvalue weighted by atomic mass is 28.4. The number of benzene rings is 1. The molecule has 1 aliphatic carbocycles. The van der Waals surface area contributed by atoms with Crippen molar-refractivity contribution in [2.75, 3.05) is 14.1 Å². The first-order chi connectivity index (χ1) is 11.9. The molecule has 1 N–H and O–H groups in total. The fraction of sp³-hybridized carbons (Fsp3) is 0.636. The Morgan fingerprint density at radius 1 is 1.19 bits per heavy atom. The van der Waals surface area contributed by atoms with E-state index in [1.165, 1.54) is 0 Å². The van der Waals surface area contributed by atoms with Crippen molar-refractivity contribution in [2.45, 2.75) is 70.8 Å². The topological polar surface area (TPSA) is 32.7 Å². The van der Waals surface area contributed by atoms with Crippen LogP contribution in [-0.4, -0.2) is 38.5 Å². The molecule has 0 unspecified atom stereocenters. The lowest BCUT2D eigenvalue weighted by atomic mass is 9.68. The van der Waals surface area contributed by atoms with E-state index in [0.29, 0.717) is 0 Å². The Morgan fingerprint density at radius 3 is 2.27 bits per heavy atom. The van der Waals surface area contributed by atoms with E-state index < -0.39 is 14.4 Å². The molecule has 0 spiro atoms. The normalized spacial score (nSPS) is 25.8. The summed E-state index contributed by atoms with van der Waals surface area (Å²) in [6.07, 6.45) is 3.56. The van der Waals surface area contributed by atoms with Gasteiger partial charge in [-0.25, -0.2) is 0 Å². The van der Waals surface area contributed by atoms with Crippen LogP contribution < -0.4 is 0 Å². The number of hydrogen-bond donors (Lipinski definition) is 1. The standard InChI is InChI=1S/C22H37NO2Si/c1-21(2,3)26(7,8)25-18-14-15-22(4,19(16-18)23(5)6)20(24)17-12-10-9-11-13-17/h9-13,16,19-20,24H,14-15H2,1-8H3/t19-,20-,22+/m1/s1. The molecule has 1 aromatic carbocycles. The molecule has 3 nitrogen and oxygen atoms in total. The van der Waals surface area contributed by atoms with Crippen molar-refractivity contribution in [1.82, 2.24) is 4.90 Å². The van der Waals surface area contributed by atoms with Gasteiger partial charge in [-0.1, -0.05) is 58.0 Å². The number of hydrogen-bond acceptors (Lipinski definition) is 3. The van der Waals surface area contributed by atoms with Crippen molar-refractivity contribution < 1.29 is 9.53 Å². The largest absolute Gasteiger partial charge is 0.547 e.